The van der Waals surface area contributed by atoms with Gasteiger partial charge in [0.15, 0.2) is 0 Å². The van der Waals surface area contributed by atoms with E-state index in [1.165, 1.54) is 24.3 Å². The predicted molar refractivity (Wildman–Crippen MR) is 131 cm³/mol. The van der Waals surface area contributed by atoms with Crippen LogP contribution in [0, 0.1) is 11.6 Å². The van der Waals surface area contributed by atoms with E-state index in [2.05, 4.69) is 21.9 Å². The van der Waals surface area contributed by atoms with Gasteiger partial charge in [-0.2, -0.15) is 0 Å². The van der Waals surface area contributed by atoms with Crippen LogP contribution in [0.3, 0.4) is 0 Å². The van der Waals surface area contributed by atoms with Crippen LogP contribution >= 0.6 is 0 Å². The van der Waals surface area contributed by atoms with Crippen molar-refractivity contribution in [3.05, 3.63) is 95.6 Å². The molecule has 4 nitrogen and oxygen atoms in total. The van der Waals surface area contributed by atoms with E-state index in [-0.39, 0.29) is 17.7 Å². The van der Waals surface area contributed by atoms with E-state index < -0.39 is 0 Å². The number of halogens is 2. The van der Waals surface area contributed by atoms with E-state index in [0.29, 0.717) is 6.61 Å². The maximum atomic E-state index is 13.4. The van der Waals surface area contributed by atoms with Crippen molar-refractivity contribution in [3.63, 3.8) is 0 Å². The number of benzene rings is 3. The van der Waals surface area contributed by atoms with Crippen molar-refractivity contribution in [3.8, 4) is 5.75 Å². The second-order valence-electron chi connectivity index (χ2n) is 8.56. The number of hydrogen-bond acceptors (Lipinski definition) is 4. The molecule has 1 heterocycles. The van der Waals surface area contributed by atoms with Gasteiger partial charge >= 0.3 is 0 Å². The zero-order valence-corrected chi connectivity index (χ0v) is 19.6. The first-order valence-corrected chi connectivity index (χ1v) is 11.9. The Morgan fingerprint density at radius 3 is 1.94 bits per heavy atom. The molecule has 1 saturated heterocycles. The summed E-state index contributed by atoms with van der Waals surface area (Å²) < 4.78 is 38.5. The predicted octanol–water partition coefficient (Wildman–Crippen LogP) is 5.68. The van der Waals surface area contributed by atoms with Crippen LogP contribution in [0.5, 0.6) is 5.75 Å². The first-order valence-electron chi connectivity index (χ1n) is 11.9. The van der Waals surface area contributed by atoms with Crippen molar-refractivity contribution in [2.45, 2.75) is 18.9 Å². The lowest BCUT2D eigenvalue weighted by molar-refractivity contribution is 0.0750. The molecule has 1 aliphatic heterocycles. The fourth-order valence-electron chi connectivity index (χ4n) is 4.40. The van der Waals surface area contributed by atoms with Crippen molar-refractivity contribution in [1.82, 2.24) is 4.90 Å². The van der Waals surface area contributed by atoms with Gasteiger partial charge < -0.3 is 14.4 Å². The molecule has 0 radical (unpaired) electrons. The minimum Gasteiger partial charge on any atom is -0.495 e. The summed E-state index contributed by atoms with van der Waals surface area (Å²) in [5.41, 5.74) is 2.88. The number of methoxy groups -OCH3 is 1. The Hall–Kier alpha value is -2.96. The minimum absolute atomic E-state index is 0.285. The van der Waals surface area contributed by atoms with Gasteiger partial charge in [-0.25, -0.2) is 8.78 Å². The van der Waals surface area contributed by atoms with E-state index in [9.17, 15) is 8.78 Å². The fourth-order valence-corrected chi connectivity index (χ4v) is 4.40. The molecule has 0 amide bonds. The summed E-state index contributed by atoms with van der Waals surface area (Å²) in [6.45, 7) is 5.61. The van der Waals surface area contributed by atoms with Gasteiger partial charge in [0.05, 0.1) is 12.8 Å². The molecule has 3 aromatic rings. The smallest absolute Gasteiger partial charge is 0.142 e. The molecule has 0 unspecified atom stereocenters. The number of rotatable bonds is 10. The molecule has 0 N–H and O–H groups in total. The molecule has 3 aromatic carbocycles. The van der Waals surface area contributed by atoms with Gasteiger partial charge in [0, 0.05) is 32.8 Å². The zero-order chi connectivity index (χ0) is 23.8. The van der Waals surface area contributed by atoms with Gasteiger partial charge in [-0.1, -0.05) is 36.4 Å². The summed E-state index contributed by atoms with van der Waals surface area (Å²) >= 11 is 0. The number of anilines is 1. The molecule has 6 heteroatoms. The number of nitrogens with zero attached hydrogens (tertiary/aromatic N) is 2. The molecule has 34 heavy (non-hydrogen) atoms. The summed E-state index contributed by atoms with van der Waals surface area (Å²) in [5, 5.41) is 0. The highest BCUT2D eigenvalue weighted by Crippen LogP contribution is 2.29. The average Bonchev–Trinajstić information content (AvgIpc) is 2.88. The summed E-state index contributed by atoms with van der Waals surface area (Å²) in [4.78, 5) is 4.87. The highest BCUT2D eigenvalue weighted by atomic mass is 19.1. The molecule has 0 spiro atoms. The van der Waals surface area contributed by atoms with Gasteiger partial charge in [0.2, 0.25) is 0 Å². The van der Waals surface area contributed by atoms with Crippen LogP contribution in [0.2, 0.25) is 0 Å². The number of para-hydroxylation sites is 2. The van der Waals surface area contributed by atoms with Crippen LogP contribution in [0.4, 0.5) is 14.5 Å². The molecule has 4 rings (SSSR count). The Morgan fingerprint density at radius 1 is 0.765 bits per heavy atom. The summed E-state index contributed by atoms with van der Waals surface area (Å²) in [6.07, 6.45) is 1.62. The SMILES string of the molecule is COc1ccccc1N1CCN(CCCCOC(c2ccc(F)cc2)c2ccc(F)cc2)CC1. The lowest BCUT2D eigenvalue weighted by atomic mass is 10.0. The molecule has 0 saturated carbocycles. The number of hydrogen-bond donors (Lipinski definition) is 0. The second-order valence-corrected chi connectivity index (χ2v) is 8.56. The summed E-state index contributed by atoms with van der Waals surface area (Å²) in [6, 6.07) is 20.8. The standard InChI is InChI=1S/C28H32F2N2O2/c1-33-27-7-3-2-6-26(27)32-19-17-31(18-20-32)16-4-5-21-34-28(22-8-12-24(29)13-9-22)23-10-14-25(30)15-11-23/h2-3,6-15,28H,4-5,16-21H2,1H3. The average molecular weight is 467 g/mol. The van der Waals surface area contributed by atoms with Crippen molar-refractivity contribution >= 4 is 5.69 Å². The van der Waals surface area contributed by atoms with E-state index in [0.717, 1.165) is 68.1 Å². The van der Waals surface area contributed by atoms with Crippen LogP contribution in [0.25, 0.3) is 0 Å². The molecular formula is C28H32F2N2O2. The maximum Gasteiger partial charge on any atom is 0.142 e. The third-order valence-corrected chi connectivity index (χ3v) is 6.30. The molecule has 0 aliphatic carbocycles. The Balaban J connectivity index is 1.23. The summed E-state index contributed by atoms with van der Waals surface area (Å²) in [5.74, 6) is 0.352. The normalized spacial score (nSPS) is 14.5. The van der Waals surface area contributed by atoms with E-state index in [4.69, 9.17) is 9.47 Å². The molecule has 1 aliphatic rings. The van der Waals surface area contributed by atoms with E-state index in [1.54, 1.807) is 31.4 Å². The third-order valence-electron chi connectivity index (χ3n) is 6.30. The lowest BCUT2D eigenvalue weighted by Gasteiger charge is -2.36. The Labute approximate surface area is 200 Å². The first kappa shape index (κ1) is 24.2. The summed E-state index contributed by atoms with van der Waals surface area (Å²) in [7, 11) is 1.72. The molecule has 0 aromatic heterocycles. The zero-order valence-electron chi connectivity index (χ0n) is 19.6. The monoisotopic (exact) mass is 466 g/mol. The van der Waals surface area contributed by atoms with Gasteiger partial charge in [0.1, 0.15) is 23.5 Å². The Kier molecular flexibility index (Phi) is 8.50. The fraction of sp³-hybridized carbons (Fsp3) is 0.357. The van der Waals surface area contributed by atoms with Crippen LogP contribution in [-0.4, -0.2) is 51.3 Å². The van der Waals surface area contributed by atoms with Crippen LogP contribution in [0.15, 0.2) is 72.8 Å². The first-order chi connectivity index (χ1) is 16.6. The highest BCUT2D eigenvalue weighted by molar-refractivity contribution is 5.58. The van der Waals surface area contributed by atoms with Crippen LogP contribution in [0.1, 0.15) is 30.1 Å². The number of ether oxygens (including phenoxy) is 2. The molecule has 1 fully saturated rings. The van der Waals surface area contributed by atoms with Crippen molar-refractivity contribution < 1.29 is 18.3 Å². The molecule has 0 bridgehead atoms. The number of unbranched alkanes of at least 4 members (excludes halogenated alkanes) is 1. The lowest BCUT2D eigenvalue weighted by Crippen LogP contribution is -2.46. The minimum atomic E-state index is -0.342. The number of piperazine rings is 1. The van der Waals surface area contributed by atoms with Gasteiger partial charge in [0.25, 0.3) is 0 Å². The second kappa shape index (κ2) is 12.0. The maximum absolute atomic E-state index is 13.4. The third kappa shape index (κ3) is 6.33. The van der Waals surface area contributed by atoms with Gasteiger partial charge in [-0.05, 0) is 66.9 Å². The van der Waals surface area contributed by atoms with Crippen LogP contribution < -0.4 is 9.64 Å². The molecular weight excluding hydrogens is 434 g/mol. The van der Waals surface area contributed by atoms with Crippen molar-refractivity contribution in [2.24, 2.45) is 0 Å². The van der Waals surface area contributed by atoms with Gasteiger partial charge in [-0.3, -0.25) is 4.90 Å². The van der Waals surface area contributed by atoms with E-state index >= 15 is 0 Å². The van der Waals surface area contributed by atoms with E-state index in [1.807, 2.05) is 12.1 Å². The van der Waals surface area contributed by atoms with Crippen molar-refractivity contribution in [1.29, 1.82) is 0 Å². The Bertz CT molecular complexity index is 974. The molecule has 180 valence electrons. The van der Waals surface area contributed by atoms with Crippen molar-refractivity contribution in [2.75, 3.05) is 51.3 Å². The topological polar surface area (TPSA) is 24.9 Å². The molecule has 0 atom stereocenters. The quantitative estimate of drug-likeness (QED) is 0.359. The Morgan fingerprint density at radius 2 is 1.35 bits per heavy atom. The largest absolute Gasteiger partial charge is 0.495 e. The highest BCUT2D eigenvalue weighted by Gasteiger charge is 2.19. The van der Waals surface area contributed by atoms with Gasteiger partial charge in [-0.15, -0.1) is 0 Å². The van der Waals surface area contributed by atoms with Crippen LogP contribution in [-0.2, 0) is 4.74 Å².